The van der Waals surface area contributed by atoms with E-state index in [2.05, 4.69) is 0 Å². The molecule has 20 heavy (non-hydrogen) atoms. The molecule has 0 amide bonds. The number of carbonyl (C=O) groups is 3. The number of carbonyl (C=O) groups excluding carboxylic acids is 3. The Labute approximate surface area is 115 Å². The van der Waals surface area contributed by atoms with Gasteiger partial charge < -0.3 is 14.3 Å². The van der Waals surface area contributed by atoms with Crippen LogP contribution in [0.3, 0.4) is 0 Å². The molecule has 0 aromatic heterocycles. The van der Waals surface area contributed by atoms with Gasteiger partial charge >= 0.3 is 11.9 Å². The second-order valence-corrected chi connectivity index (χ2v) is 5.16. The molecule has 0 spiro atoms. The van der Waals surface area contributed by atoms with Gasteiger partial charge in [-0.1, -0.05) is 18.2 Å². The fourth-order valence-corrected chi connectivity index (χ4v) is 2.99. The van der Waals surface area contributed by atoms with Gasteiger partial charge in [-0.15, -0.1) is 0 Å². The second-order valence-electron chi connectivity index (χ2n) is 5.16. The summed E-state index contributed by atoms with van der Waals surface area (Å²) in [5.74, 6) is -1.35. The van der Waals surface area contributed by atoms with E-state index in [1.54, 1.807) is 24.3 Å². The minimum Gasteiger partial charge on any atom is -0.462 e. The molecule has 1 saturated heterocycles. The van der Waals surface area contributed by atoms with Gasteiger partial charge in [0.05, 0.1) is 17.9 Å². The number of hydrogen-bond acceptors (Lipinski definition) is 5. The van der Waals surface area contributed by atoms with Crippen LogP contribution in [0.25, 0.3) is 0 Å². The second kappa shape index (κ2) is 5.07. The van der Waals surface area contributed by atoms with Crippen LogP contribution in [0, 0.1) is 11.8 Å². The number of fused-ring (bicyclic) bond motifs is 1. The molecule has 1 aromatic carbocycles. The Morgan fingerprint density at radius 2 is 2.05 bits per heavy atom. The maximum Gasteiger partial charge on any atom is 0.338 e. The van der Waals surface area contributed by atoms with Crippen molar-refractivity contribution in [2.75, 3.05) is 0 Å². The van der Waals surface area contributed by atoms with Gasteiger partial charge in [0.15, 0.2) is 0 Å². The van der Waals surface area contributed by atoms with Crippen molar-refractivity contribution in [3.8, 4) is 0 Å². The molecule has 2 unspecified atom stereocenters. The van der Waals surface area contributed by atoms with E-state index in [9.17, 15) is 14.4 Å². The van der Waals surface area contributed by atoms with Gasteiger partial charge in [-0.25, -0.2) is 4.79 Å². The van der Waals surface area contributed by atoms with Crippen molar-refractivity contribution in [3.63, 3.8) is 0 Å². The number of rotatable bonds is 3. The third-order valence-electron chi connectivity index (χ3n) is 3.98. The van der Waals surface area contributed by atoms with Crippen molar-refractivity contribution in [2.24, 2.45) is 11.8 Å². The average Bonchev–Trinajstić information content (AvgIpc) is 2.95. The SMILES string of the molecule is O=CC1[C@H]2CC(=O)OC2C[C@H]1OC(=O)c1ccccc1. The summed E-state index contributed by atoms with van der Waals surface area (Å²) >= 11 is 0. The highest BCUT2D eigenvalue weighted by Gasteiger charge is 2.51. The van der Waals surface area contributed by atoms with Gasteiger partial charge in [0.25, 0.3) is 0 Å². The van der Waals surface area contributed by atoms with Gasteiger partial charge in [-0.05, 0) is 12.1 Å². The average molecular weight is 274 g/mol. The Hall–Kier alpha value is -2.17. The molecule has 0 bridgehead atoms. The lowest BCUT2D eigenvalue weighted by Crippen LogP contribution is -2.27. The Balaban J connectivity index is 1.71. The molecular formula is C15H14O5. The molecule has 1 saturated carbocycles. The summed E-state index contributed by atoms with van der Waals surface area (Å²) in [6.45, 7) is 0. The van der Waals surface area contributed by atoms with Crippen molar-refractivity contribution in [2.45, 2.75) is 25.0 Å². The molecule has 4 atom stereocenters. The predicted molar refractivity (Wildman–Crippen MR) is 67.8 cm³/mol. The first-order valence-corrected chi connectivity index (χ1v) is 6.60. The minimum atomic E-state index is -0.511. The maximum atomic E-state index is 12.0. The summed E-state index contributed by atoms with van der Waals surface area (Å²) in [6.07, 6.45) is 0.594. The molecule has 1 aromatic rings. The maximum absolute atomic E-state index is 12.0. The largest absolute Gasteiger partial charge is 0.462 e. The summed E-state index contributed by atoms with van der Waals surface area (Å²) in [5, 5.41) is 0. The molecule has 2 aliphatic rings. The normalized spacial score (nSPS) is 31.5. The molecule has 0 radical (unpaired) electrons. The molecule has 1 aliphatic carbocycles. The topological polar surface area (TPSA) is 69.7 Å². The molecule has 1 heterocycles. The minimum absolute atomic E-state index is 0.159. The molecule has 1 aliphatic heterocycles. The molecule has 0 N–H and O–H groups in total. The zero-order chi connectivity index (χ0) is 14.1. The summed E-state index contributed by atoms with van der Waals surface area (Å²) < 4.78 is 10.6. The van der Waals surface area contributed by atoms with E-state index < -0.39 is 18.0 Å². The first-order valence-electron chi connectivity index (χ1n) is 6.60. The summed E-state index contributed by atoms with van der Waals surface area (Å²) in [7, 11) is 0. The number of benzene rings is 1. The van der Waals surface area contributed by atoms with Gasteiger partial charge in [0.2, 0.25) is 0 Å². The van der Waals surface area contributed by atoms with Crippen molar-refractivity contribution in [3.05, 3.63) is 35.9 Å². The van der Waals surface area contributed by atoms with Crippen LogP contribution in [-0.4, -0.2) is 30.4 Å². The Kier molecular flexibility index (Phi) is 3.26. The summed E-state index contributed by atoms with van der Waals surface area (Å²) in [4.78, 5) is 34.4. The van der Waals surface area contributed by atoms with E-state index in [4.69, 9.17) is 9.47 Å². The Morgan fingerprint density at radius 1 is 1.30 bits per heavy atom. The summed E-state index contributed by atoms with van der Waals surface area (Å²) in [6, 6.07) is 8.63. The quantitative estimate of drug-likeness (QED) is 0.615. The zero-order valence-corrected chi connectivity index (χ0v) is 10.7. The smallest absolute Gasteiger partial charge is 0.338 e. The first kappa shape index (κ1) is 12.8. The predicted octanol–water partition coefficient (Wildman–Crippen LogP) is 1.36. The highest BCUT2D eigenvalue weighted by molar-refractivity contribution is 5.89. The fourth-order valence-electron chi connectivity index (χ4n) is 2.99. The van der Waals surface area contributed by atoms with E-state index in [0.717, 1.165) is 6.29 Å². The lowest BCUT2D eigenvalue weighted by atomic mass is 9.93. The van der Waals surface area contributed by atoms with Crippen LogP contribution in [-0.2, 0) is 19.1 Å². The van der Waals surface area contributed by atoms with Gasteiger partial charge in [0.1, 0.15) is 18.5 Å². The van der Waals surface area contributed by atoms with E-state index in [1.807, 2.05) is 6.07 Å². The van der Waals surface area contributed by atoms with Gasteiger partial charge in [0, 0.05) is 12.3 Å². The van der Waals surface area contributed by atoms with Crippen LogP contribution in [0.15, 0.2) is 30.3 Å². The lowest BCUT2D eigenvalue weighted by molar-refractivity contribution is -0.141. The monoisotopic (exact) mass is 274 g/mol. The van der Waals surface area contributed by atoms with Gasteiger partial charge in [-0.2, -0.15) is 0 Å². The van der Waals surface area contributed by atoms with E-state index in [-0.39, 0.29) is 24.4 Å². The number of ether oxygens (including phenoxy) is 2. The van der Waals surface area contributed by atoms with Gasteiger partial charge in [-0.3, -0.25) is 4.79 Å². The fraction of sp³-hybridized carbons (Fsp3) is 0.400. The highest BCUT2D eigenvalue weighted by atomic mass is 16.6. The van der Waals surface area contributed by atoms with Crippen molar-refractivity contribution >= 4 is 18.2 Å². The van der Waals surface area contributed by atoms with Crippen LogP contribution in [0.5, 0.6) is 0 Å². The van der Waals surface area contributed by atoms with Crippen LogP contribution in [0.2, 0.25) is 0 Å². The Morgan fingerprint density at radius 3 is 2.75 bits per heavy atom. The van der Waals surface area contributed by atoms with Crippen LogP contribution >= 0.6 is 0 Å². The molecule has 5 nitrogen and oxygen atoms in total. The summed E-state index contributed by atoms with van der Waals surface area (Å²) in [5.41, 5.74) is 0.450. The Bertz CT molecular complexity index is 538. The van der Waals surface area contributed by atoms with E-state index >= 15 is 0 Å². The van der Waals surface area contributed by atoms with Crippen LogP contribution in [0.4, 0.5) is 0 Å². The lowest BCUT2D eigenvalue weighted by Gasteiger charge is -2.17. The molecule has 2 fully saturated rings. The van der Waals surface area contributed by atoms with Crippen LogP contribution in [0.1, 0.15) is 23.2 Å². The van der Waals surface area contributed by atoms with Crippen molar-refractivity contribution in [1.29, 1.82) is 0 Å². The molecule has 104 valence electrons. The zero-order valence-electron chi connectivity index (χ0n) is 10.7. The van der Waals surface area contributed by atoms with E-state index in [0.29, 0.717) is 12.0 Å². The van der Waals surface area contributed by atoms with E-state index in [1.165, 1.54) is 0 Å². The van der Waals surface area contributed by atoms with Crippen molar-refractivity contribution in [1.82, 2.24) is 0 Å². The molecule has 3 rings (SSSR count). The molecular weight excluding hydrogens is 260 g/mol. The number of hydrogen-bond donors (Lipinski definition) is 0. The molecule has 5 heteroatoms. The van der Waals surface area contributed by atoms with Crippen LogP contribution < -0.4 is 0 Å². The highest BCUT2D eigenvalue weighted by Crippen LogP contribution is 2.41. The first-order chi connectivity index (χ1) is 9.69. The standard InChI is InChI=1S/C15H14O5/c16-8-11-10-6-14(17)19-12(10)7-13(11)20-15(18)9-4-2-1-3-5-9/h1-5,8,10-13H,6-7H2/t10-,11?,12?,13-/m1/s1. The number of aldehydes is 1. The third kappa shape index (κ3) is 2.19. The number of esters is 2. The van der Waals surface area contributed by atoms with Crippen molar-refractivity contribution < 1.29 is 23.9 Å². The third-order valence-corrected chi connectivity index (χ3v) is 3.98.